The third-order valence-corrected chi connectivity index (χ3v) is 3.35. The highest BCUT2D eigenvalue weighted by molar-refractivity contribution is 6.32. The second-order valence-corrected chi connectivity index (χ2v) is 5.29. The summed E-state index contributed by atoms with van der Waals surface area (Å²) in [5.41, 5.74) is 0. The third-order valence-electron chi connectivity index (χ3n) is 2.99. The predicted octanol–water partition coefficient (Wildman–Crippen LogP) is 2.22. The minimum absolute atomic E-state index is 0.201. The Hall–Kier alpha value is -0.580. The molecule has 1 atom stereocenters. The van der Waals surface area contributed by atoms with Crippen LogP contribution in [0, 0.1) is 5.92 Å². The van der Waals surface area contributed by atoms with E-state index in [2.05, 4.69) is 34.0 Å². The maximum absolute atomic E-state index is 5.89. The Balaban J connectivity index is 2.16. The molecule has 1 aromatic heterocycles. The fraction of sp³-hybridized carbons (Fsp3) is 0.636. The molecule has 0 amide bonds. The molecule has 1 aliphatic rings. The van der Waals surface area contributed by atoms with Crippen LogP contribution in [0.5, 0.6) is 0 Å². The van der Waals surface area contributed by atoms with Crippen LogP contribution in [0.2, 0.25) is 10.4 Å². The molecule has 4 nitrogen and oxygen atoms in total. The van der Waals surface area contributed by atoms with E-state index >= 15 is 0 Å². The van der Waals surface area contributed by atoms with Crippen molar-refractivity contribution < 1.29 is 0 Å². The van der Waals surface area contributed by atoms with E-state index in [-0.39, 0.29) is 5.28 Å². The number of aromatic nitrogens is 2. The molecule has 17 heavy (non-hydrogen) atoms. The van der Waals surface area contributed by atoms with Crippen LogP contribution in [0.4, 0.5) is 5.82 Å². The molecular weight excluding hydrogens is 259 g/mol. The average Bonchev–Trinajstić information content (AvgIpc) is 2.28. The van der Waals surface area contributed by atoms with Gasteiger partial charge in [-0.15, -0.1) is 0 Å². The van der Waals surface area contributed by atoms with Crippen molar-refractivity contribution in [3.8, 4) is 0 Å². The summed E-state index contributed by atoms with van der Waals surface area (Å²) in [6.07, 6.45) is 0. The number of hydrogen-bond donors (Lipinski definition) is 1. The average molecular weight is 275 g/mol. The summed E-state index contributed by atoms with van der Waals surface area (Å²) in [7, 11) is 0. The molecule has 1 unspecified atom stereocenters. The minimum Gasteiger partial charge on any atom is -0.354 e. The lowest BCUT2D eigenvalue weighted by Gasteiger charge is -2.36. The van der Waals surface area contributed by atoms with E-state index in [1.165, 1.54) is 0 Å². The highest BCUT2D eigenvalue weighted by Gasteiger charge is 2.23. The van der Waals surface area contributed by atoms with E-state index in [9.17, 15) is 0 Å². The fourth-order valence-corrected chi connectivity index (χ4v) is 2.37. The molecule has 6 heteroatoms. The van der Waals surface area contributed by atoms with Gasteiger partial charge >= 0.3 is 0 Å². The van der Waals surface area contributed by atoms with Gasteiger partial charge < -0.3 is 10.2 Å². The smallest absolute Gasteiger partial charge is 0.225 e. The van der Waals surface area contributed by atoms with Crippen molar-refractivity contribution in [3.05, 3.63) is 16.5 Å². The van der Waals surface area contributed by atoms with Gasteiger partial charge in [-0.1, -0.05) is 25.4 Å². The van der Waals surface area contributed by atoms with Gasteiger partial charge in [-0.2, -0.15) is 0 Å². The molecule has 1 aromatic rings. The van der Waals surface area contributed by atoms with Gasteiger partial charge in [0.2, 0.25) is 5.28 Å². The Bertz CT molecular complexity index is 377. The maximum atomic E-state index is 5.89. The Morgan fingerprint density at radius 3 is 2.82 bits per heavy atom. The fourth-order valence-electron chi connectivity index (χ4n) is 1.97. The van der Waals surface area contributed by atoms with Crippen molar-refractivity contribution in [3.63, 3.8) is 0 Å². The zero-order valence-corrected chi connectivity index (χ0v) is 11.5. The van der Waals surface area contributed by atoms with E-state index in [4.69, 9.17) is 23.2 Å². The van der Waals surface area contributed by atoms with Crippen molar-refractivity contribution in [2.24, 2.45) is 5.92 Å². The molecule has 1 N–H and O–H groups in total. The monoisotopic (exact) mass is 274 g/mol. The minimum atomic E-state index is 0.201. The van der Waals surface area contributed by atoms with Gasteiger partial charge in [-0.25, -0.2) is 9.97 Å². The van der Waals surface area contributed by atoms with Crippen LogP contribution >= 0.6 is 23.2 Å². The lowest BCUT2D eigenvalue weighted by Crippen LogP contribution is -2.53. The second kappa shape index (κ2) is 5.38. The van der Waals surface area contributed by atoms with Gasteiger partial charge in [0.1, 0.15) is 11.0 Å². The molecule has 1 aliphatic heterocycles. The maximum Gasteiger partial charge on any atom is 0.225 e. The van der Waals surface area contributed by atoms with Gasteiger partial charge in [0.05, 0.1) is 0 Å². The molecule has 0 radical (unpaired) electrons. The normalized spacial score (nSPS) is 21.0. The molecule has 1 saturated heterocycles. The van der Waals surface area contributed by atoms with Crippen LogP contribution < -0.4 is 10.2 Å². The van der Waals surface area contributed by atoms with Gasteiger partial charge in [-0.05, 0) is 17.5 Å². The number of piperazine rings is 1. The van der Waals surface area contributed by atoms with Crippen LogP contribution in [0.3, 0.4) is 0 Å². The van der Waals surface area contributed by atoms with Crippen LogP contribution in [-0.4, -0.2) is 35.6 Å². The van der Waals surface area contributed by atoms with Gasteiger partial charge in [0.15, 0.2) is 0 Å². The number of halogens is 2. The van der Waals surface area contributed by atoms with Crippen LogP contribution in [-0.2, 0) is 0 Å². The molecule has 0 saturated carbocycles. The summed E-state index contributed by atoms with van der Waals surface area (Å²) in [5.74, 6) is 1.40. The third kappa shape index (κ3) is 3.21. The van der Waals surface area contributed by atoms with E-state index in [0.717, 1.165) is 25.5 Å². The number of nitrogens with zero attached hydrogens (tertiary/aromatic N) is 3. The topological polar surface area (TPSA) is 41.1 Å². The number of hydrogen-bond acceptors (Lipinski definition) is 4. The van der Waals surface area contributed by atoms with Crippen molar-refractivity contribution in [2.45, 2.75) is 19.9 Å². The van der Waals surface area contributed by atoms with E-state index in [1.54, 1.807) is 6.07 Å². The summed E-state index contributed by atoms with van der Waals surface area (Å²) in [6.45, 7) is 7.19. The molecular formula is C11H16Cl2N4. The Morgan fingerprint density at radius 1 is 1.41 bits per heavy atom. The Kier molecular flexibility index (Phi) is 4.07. The van der Waals surface area contributed by atoms with Crippen molar-refractivity contribution in [1.82, 2.24) is 15.3 Å². The van der Waals surface area contributed by atoms with Gasteiger partial charge in [-0.3, -0.25) is 0 Å². The van der Waals surface area contributed by atoms with E-state index in [0.29, 0.717) is 17.1 Å². The molecule has 0 spiro atoms. The highest BCUT2D eigenvalue weighted by atomic mass is 35.5. The Morgan fingerprint density at radius 2 is 2.18 bits per heavy atom. The second-order valence-electron chi connectivity index (χ2n) is 4.57. The SMILES string of the molecule is CC(C)C1CN(c2cc(Cl)nc(Cl)n2)CCN1. The summed E-state index contributed by atoms with van der Waals surface area (Å²) in [5, 5.41) is 4.09. The Labute approximate surface area is 111 Å². The van der Waals surface area contributed by atoms with Gasteiger partial charge in [0.25, 0.3) is 0 Å². The van der Waals surface area contributed by atoms with Crippen molar-refractivity contribution in [2.75, 3.05) is 24.5 Å². The first-order valence-electron chi connectivity index (χ1n) is 5.74. The zero-order valence-electron chi connectivity index (χ0n) is 9.95. The van der Waals surface area contributed by atoms with E-state index in [1.807, 2.05) is 0 Å². The summed E-state index contributed by atoms with van der Waals surface area (Å²) in [4.78, 5) is 10.3. The molecule has 2 rings (SSSR count). The molecule has 0 aliphatic carbocycles. The first-order chi connectivity index (χ1) is 8.06. The standard InChI is InChI=1S/C11H16Cl2N4/c1-7(2)8-6-17(4-3-14-8)10-5-9(12)15-11(13)16-10/h5,7-8,14H,3-4,6H2,1-2H3. The number of nitrogens with one attached hydrogen (secondary N) is 1. The summed E-state index contributed by atoms with van der Waals surface area (Å²) in [6, 6.07) is 2.23. The lowest BCUT2D eigenvalue weighted by atomic mass is 10.0. The van der Waals surface area contributed by atoms with Gasteiger partial charge in [0, 0.05) is 31.7 Å². The molecule has 0 bridgehead atoms. The van der Waals surface area contributed by atoms with Crippen molar-refractivity contribution in [1.29, 1.82) is 0 Å². The zero-order chi connectivity index (χ0) is 12.4. The molecule has 2 heterocycles. The van der Waals surface area contributed by atoms with Crippen LogP contribution in [0.15, 0.2) is 6.07 Å². The number of anilines is 1. The number of rotatable bonds is 2. The molecule has 94 valence electrons. The van der Waals surface area contributed by atoms with Crippen LogP contribution in [0.1, 0.15) is 13.8 Å². The highest BCUT2D eigenvalue weighted by Crippen LogP contribution is 2.20. The summed E-state index contributed by atoms with van der Waals surface area (Å²) >= 11 is 11.7. The quantitative estimate of drug-likeness (QED) is 0.663. The summed E-state index contributed by atoms with van der Waals surface area (Å²) < 4.78 is 0. The largest absolute Gasteiger partial charge is 0.354 e. The predicted molar refractivity (Wildman–Crippen MR) is 70.9 cm³/mol. The molecule has 0 aromatic carbocycles. The first kappa shape index (κ1) is 12.9. The van der Waals surface area contributed by atoms with E-state index < -0.39 is 0 Å². The lowest BCUT2D eigenvalue weighted by molar-refractivity contribution is 0.367. The van der Waals surface area contributed by atoms with Crippen LogP contribution in [0.25, 0.3) is 0 Å². The first-order valence-corrected chi connectivity index (χ1v) is 6.50. The molecule has 1 fully saturated rings. The van der Waals surface area contributed by atoms with Crippen molar-refractivity contribution >= 4 is 29.0 Å².